The molecule has 0 radical (unpaired) electrons. The first-order valence-electron chi connectivity index (χ1n) is 5.68. The number of aliphatic hydroxyl groups excluding tert-OH is 1. The minimum Gasteiger partial charge on any atom is -0.468 e. The van der Waals surface area contributed by atoms with Gasteiger partial charge in [-0.1, -0.05) is 11.6 Å². The predicted molar refractivity (Wildman–Crippen MR) is 62.0 cm³/mol. The zero-order valence-electron chi connectivity index (χ0n) is 10.3. The topological polar surface area (TPSA) is 49.8 Å². The molecule has 16 heavy (non-hydrogen) atoms. The van der Waals surface area contributed by atoms with Crippen LogP contribution in [0.1, 0.15) is 26.7 Å². The molecule has 0 unspecified atom stereocenters. The number of nitrogens with zero attached hydrogens (tertiary/aromatic N) is 1. The lowest BCUT2D eigenvalue weighted by molar-refractivity contribution is -0.149. The van der Waals surface area contributed by atoms with E-state index in [-0.39, 0.29) is 18.1 Å². The fourth-order valence-corrected chi connectivity index (χ4v) is 1.90. The average Bonchev–Trinajstić information content (AvgIpc) is 2.26. The van der Waals surface area contributed by atoms with Gasteiger partial charge < -0.3 is 9.84 Å². The third-order valence-electron chi connectivity index (χ3n) is 2.89. The van der Waals surface area contributed by atoms with Crippen molar-refractivity contribution in [3.63, 3.8) is 0 Å². The molecule has 0 spiro atoms. The maximum atomic E-state index is 11.6. The molecule has 0 saturated carbocycles. The van der Waals surface area contributed by atoms with Crippen molar-refractivity contribution >= 4 is 5.97 Å². The van der Waals surface area contributed by atoms with Crippen LogP contribution in [0.15, 0.2) is 11.6 Å². The van der Waals surface area contributed by atoms with E-state index in [9.17, 15) is 9.90 Å². The fraction of sp³-hybridized carbons (Fsp3) is 0.750. The Bertz CT molecular complexity index is 271. The van der Waals surface area contributed by atoms with E-state index in [1.165, 1.54) is 12.7 Å². The number of hydrogen-bond acceptors (Lipinski definition) is 4. The molecule has 1 heterocycles. The molecule has 2 atom stereocenters. The van der Waals surface area contributed by atoms with Crippen LogP contribution in [0.3, 0.4) is 0 Å². The first kappa shape index (κ1) is 13.2. The average molecular weight is 227 g/mol. The Kier molecular flexibility index (Phi) is 4.96. The zero-order valence-corrected chi connectivity index (χ0v) is 10.3. The molecule has 1 aliphatic rings. The van der Waals surface area contributed by atoms with Gasteiger partial charge in [-0.15, -0.1) is 0 Å². The van der Waals surface area contributed by atoms with Gasteiger partial charge in [0.2, 0.25) is 0 Å². The molecule has 1 rings (SSSR count). The molecule has 1 saturated heterocycles. The van der Waals surface area contributed by atoms with Crippen LogP contribution in [-0.2, 0) is 9.53 Å². The highest BCUT2D eigenvalue weighted by molar-refractivity contribution is 5.75. The van der Waals surface area contributed by atoms with Gasteiger partial charge in [-0.2, -0.15) is 0 Å². The summed E-state index contributed by atoms with van der Waals surface area (Å²) in [5, 5.41) is 9.57. The smallest absolute Gasteiger partial charge is 0.323 e. The van der Waals surface area contributed by atoms with E-state index < -0.39 is 0 Å². The monoisotopic (exact) mass is 227 g/mol. The Morgan fingerprint density at radius 2 is 2.25 bits per heavy atom. The van der Waals surface area contributed by atoms with E-state index in [0.29, 0.717) is 6.42 Å². The molecule has 0 bridgehead atoms. The summed E-state index contributed by atoms with van der Waals surface area (Å²) in [7, 11) is 1.39. The van der Waals surface area contributed by atoms with Gasteiger partial charge in [-0.25, -0.2) is 0 Å². The van der Waals surface area contributed by atoms with E-state index >= 15 is 0 Å². The van der Waals surface area contributed by atoms with Crippen LogP contribution in [0.2, 0.25) is 0 Å². The maximum absolute atomic E-state index is 11.6. The van der Waals surface area contributed by atoms with E-state index in [4.69, 9.17) is 4.74 Å². The fourth-order valence-electron chi connectivity index (χ4n) is 1.90. The summed E-state index contributed by atoms with van der Waals surface area (Å²) in [6.45, 7) is 5.55. The Morgan fingerprint density at radius 1 is 1.56 bits per heavy atom. The lowest BCUT2D eigenvalue weighted by Crippen LogP contribution is -2.49. The third kappa shape index (κ3) is 3.61. The largest absolute Gasteiger partial charge is 0.468 e. The molecule has 0 amide bonds. The molecule has 92 valence electrons. The van der Waals surface area contributed by atoms with Crippen LogP contribution in [-0.4, -0.2) is 48.3 Å². The summed E-state index contributed by atoms with van der Waals surface area (Å²) in [5.41, 5.74) is 1.23. The molecule has 0 aromatic carbocycles. The van der Waals surface area contributed by atoms with E-state index in [1.807, 2.05) is 13.8 Å². The summed E-state index contributed by atoms with van der Waals surface area (Å²) in [6.07, 6.45) is 2.91. The highest BCUT2D eigenvalue weighted by Crippen LogP contribution is 2.18. The summed E-state index contributed by atoms with van der Waals surface area (Å²) in [4.78, 5) is 13.6. The highest BCUT2D eigenvalue weighted by Gasteiger charge is 2.32. The Balaban J connectivity index is 2.64. The molecule has 1 aliphatic heterocycles. The molecule has 4 nitrogen and oxygen atoms in total. The molecule has 1 fully saturated rings. The second kappa shape index (κ2) is 6.01. The van der Waals surface area contributed by atoms with Crippen molar-refractivity contribution in [2.45, 2.75) is 38.8 Å². The number of methoxy groups -OCH3 is 1. The summed E-state index contributed by atoms with van der Waals surface area (Å²) in [6, 6.07) is -0.302. The molecular weight excluding hydrogens is 206 g/mol. The first-order chi connectivity index (χ1) is 7.54. The van der Waals surface area contributed by atoms with Crippen LogP contribution in [0.5, 0.6) is 0 Å². The van der Waals surface area contributed by atoms with Crippen LogP contribution < -0.4 is 0 Å². The van der Waals surface area contributed by atoms with E-state index in [0.717, 1.165) is 19.5 Å². The van der Waals surface area contributed by atoms with Gasteiger partial charge in [0.25, 0.3) is 0 Å². The summed E-state index contributed by atoms with van der Waals surface area (Å²) < 4.78 is 4.76. The number of likely N-dealkylation sites (tertiary alicyclic amines) is 1. The zero-order chi connectivity index (χ0) is 12.1. The van der Waals surface area contributed by atoms with Crippen molar-refractivity contribution in [1.82, 2.24) is 4.90 Å². The Morgan fingerprint density at radius 3 is 2.81 bits per heavy atom. The van der Waals surface area contributed by atoms with Crippen molar-refractivity contribution < 1.29 is 14.6 Å². The number of hydrogen-bond donors (Lipinski definition) is 1. The highest BCUT2D eigenvalue weighted by atomic mass is 16.5. The number of aliphatic hydroxyl groups is 1. The lowest BCUT2D eigenvalue weighted by atomic mass is 9.99. The normalized spacial score (nSPS) is 26.2. The Hall–Kier alpha value is -0.870. The number of piperidine rings is 1. The maximum Gasteiger partial charge on any atom is 0.323 e. The number of ether oxygens (including phenoxy) is 1. The van der Waals surface area contributed by atoms with Gasteiger partial charge in [0.15, 0.2) is 0 Å². The number of allylic oxidation sites excluding steroid dienone is 1. The van der Waals surface area contributed by atoms with Crippen LogP contribution in [0.4, 0.5) is 0 Å². The van der Waals surface area contributed by atoms with Gasteiger partial charge in [0, 0.05) is 13.1 Å². The van der Waals surface area contributed by atoms with Crippen molar-refractivity contribution in [2.75, 3.05) is 20.2 Å². The molecule has 4 heteroatoms. The first-order valence-corrected chi connectivity index (χ1v) is 5.68. The third-order valence-corrected chi connectivity index (χ3v) is 2.89. The SMILES string of the molecule is COC(=O)[C@@H]1C[C@H](O)CCN1CC=C(C)C. The second-order valence-electron chi connectivity index (χ2n) is 4.49. The van der Waals surface area contributed by atoms with Gasteiger partial charge >= 0.3 is 5.97 Å². The number of carbonyl (C=O) groups is 1. The van der Waals surface area contributed by atoms with Crippen molar-refractivity contribution in [1.29, 1.82) is 0 Å². The minimum atomic E-state index is -0.382. The second-order valence-corrected chi connectivity index (χ2v) is 4.49. The lowest BCUT2D eigenvalue weighted by Gasteiger charge is -2.35. The Labute approximate surface area is 96.9 Å². The molecular formula is C12H21NO3. The molecule has 1 N–H and O–H groups in total. The van der Waals surface area contributed by atoms with Crippen LogP contribution in [0, 0.1) is 0 Å². The van der Waals surface area contributed by atoms with E-state index in [2.05, 4.69) is 11.0 Å². The quantitative estimate of drug-likeness (QED) is 0.576. The summed E-state index contributed by atoms with van der Waals surface area (Å²) in [5.74, 6) is -0.249. The van der Waals surface area contributed by atoms with Crippen LogP contribution in [0.25, 0.3) is 0 Å². The van der Waals surface area contributed by atoms with Gasteiger partial charge in [0.05, 0.1) is 13.2 Å². The molecule has 0 aromatic heterocycles. The van der Waals surface area contributed by atoms with Crippen molar-refractivity contribution in [3.05, 3.63) is 11.6 Å². The van der Waals surface area contributed by atoms with Gasteiger partial charge in [-0.3, -0.25) is 9.69 Å². The summed E-state index contributed by atoms with van der Waals surface area (Å²) >= 11 is 0. The van der Waals surface area contributed by atoms with Crippen molar-refractivity contribution in [3.8, 4) is 0 Å². The molecule has 0 aliphatic carbocycles. The number of carbonyl (C=O) groups excluding carboxylic acids is 1. The van der Waals surface area contributed by atoms with Crippen molar-refractivity contribution in [2.24, 2.45) is 0 Å². The molecule has 0 aromatic rings. The number of esters is 1. The van der Waals surface area contributed by atoms with E-state index in [1.54, 1.807) is 0 Å². The van der Waals surface area contributed by atoms with Crippen LogP contribution >= 0.6 is 0 Å². The standard InChI is InChI=1S/C12H21NO3/c1-9(2)4-6-13-7-5-10(14)8-11(13)12(15)16-3/h4,10-11,14H,5-8H2,1-3H3/t10-,11+/m1/s1. The van der Waals surface area contributed by atoms with Gasteiger partial charge in [-0.05, 0) is 26.7 Å². The van der Waals surface area contributed by atoms with Gasteiger partial charge in [0.1, 0.15) is 6.04 Å². The number of rotatable bonds is 3. The predicted octanol–water partition coefficient (Wildman–Crippen LogP) is 0.951. The minimum absolute atomic E-state index is 0.249.